The SMILES string of the molecule is CN1c2cc(C#CC3CCN(Cc4ccc(NC(=O)OC(C)(C)C)cc4)CC3)ccc2N(C2CCC(=O)NC2=O)C1O. The number of likely N-dealkylation sites (tertiary alicyclic amines) is 1. The molecule has 0 aromatic heterocycles. The summed E-state index contributed by atoms with van der Waals surface area (Å²) in [6.45, 7) is 8.26. The van der Waals surface area contributed by atoms with E-state index in [1.807, 2.05) is 63.2 Å². The second-order valence-corrected chi connectivity index (χ2v) is 12.2. The van der Waals surface area contributed by atoms with E-state index in [4.69, 9.17) is 4.74 Å². The van der Waals surface area contributed by atoms with E-state index >= 15 is 0 Å². The van der Waals surface area contributed by atoms with Crippen LogP contribution in [0.4, 0.5) is 21.9 Å². The number of imide groups is 1. The van der Waals surface area contributed by atoms with Gasteiger partial charge in [0.15, 0.2) is 0 Å². The van der Waals surface area contributed by atoms with E-state index in [0.29, 0.717) is 18.0 Å². The van der Waals surface area contributed by atoms with Crippen LogP contribution in [0.2, 0.25) is 0 Å². The van der Waals surface area contributed by atoms with Gasteiger partial charge in [0, 0.05) is 37.2 Å². The number of hydrogen-bond acceptors (Lipinski definition) is 8. The first-order valence-electron chi connectivity index (χ1n) is 14.5. The second-order valence-electron chi connectivity index (χ2n) is 12.2. The summed E-state index contributed by atoms with van der Waals surface area (Å²) in [6.07, 6.45) is 1.13. The zero-order chi connectivity index (χ0) is 30.0. The van der Waals surface area contributed by atoms with Crippen LogP contribution in [-0.4, -0.2) is 66.0 Å². The first-order chi connectivity index (χ1) is 20.0. The Labute approximate surface area is 247 Å². The molecule has 2 atom stereocenters. The summed E-state index contributed by atoms with van der Waals surface area (Å²) in [6, 6.07) is 13.0. The number of aliphatic hydroxyl groups excluding tert-OH is 1. The molecule has 2 fully saturated rings. The fourth-order valence-electron chi connectivity index (χ4n) is 5.61. The number of carbonyl (C=O) groups is 3. The fourth-order valence-corrected chi connectivity index (χ4v) is 5.61. The third-order valence-corrected chi connectivity index (χ3v) is 7.79. The molecule has 10 nitrogen and oxygen atoms in total. The van der Waals surface area contributed by atoms with Gasteiger partial charge in [-0.05, 0) is 89.0 Å². The summed E-state index contributed by atoms with van der Waals surface area (Å²) in [5.74, 6) is 6.41. The first kappa shape index (κ1) is 29.4. The predicted molar refractivity (Wildman–Crippen MR) is 161 cm³/mol. The van der Waals surface area contributed by atoms with Crippen LogP contribution in [0.3, 0.4) is 0 Å². The lowest BCUT2D eigenvalue weighted by Gasteiger charge is -2.34. The van der Waals surface area contributed by atoms with Gasteiger partial charge in [-0.1, -0.05) is 24.0 Å². The minimum Gasteiger partial charge on any atom is -0.444 e. The van der Waals surface area contributed by atoms with E-state index in [2.05, 4.69) is 27.4 Å². The van der Waals surface area contributed by atoms with Gasteiger partial charge in [0.25, 0.3) is 0 Å². The van der Waals surface area contributed by atoms with E-state index < -0.39 is 24.1 Å². The van der Waals surface area contributed by atoms with Gasteiger partial charge in [-0.15, -0.1) is 0 Å². The maximum Gasteiger partial charge on any atom is 0.412 e. The van der Waals surface area contributed by atoms with Crippen LogP contribution in [0.25, 0.3) is 0 Å². The zero-order valence-electron chi connectivity index (χ0n) is 24.6. The van der Waals surface area contributed by atoms with E-state index in [1.54, 1.807) is 16.8 Å². The van der Waals surface area contributed by atoms with Crippen LogP contribution in [0.5, 0.6) is 0 Å². The lowest BCUT2D eigenvalue weighted by molar-refractivity contribution is -0.134. The van der Waals surface area contributed by atoms with Crippen LogP contribution >= 0.6 is 0 Å². The van der Waals surface area contributed by atoms with Crippen molar-refractivity contribution in [3.63, 3.8) is 0 Å². The summed E-state index contributed by atoms with van der Waals surface area (Å²) in [7, 11) is 1.79. The van der Waals surface area contributed by atoms with Crippen molar-refractivity contribution >= 4 is 35.0 Å². The summed E-state index contributed by atoms with van der Waals surface area (Å²) < 4.78 is 5.31. The van der Waals surface area contributed by atoms with Gasteiger partial charge in [0.2, 0.25) is 18.2 Å². The average Bonchev–Trinajstić information content (AvgIpc) is 3.17. The zero-order valence-corrected chi connectivity index (χ0v) is 24.6. The third-order valence-electron chi connectivity index (χ3n) is 7.79. The molecule has 2 aromatic carbocycles. The lowest BCUT2D eigenvalue weighted by atomic mass is 9.96. The Kier molecular flexibility index (Phi) is 8.43. The molecule has 3 aliphatic rings. The molecule has 10 heteroatoms. The number of aliphatic hydroxyl groups is 1. The van der Waals surface area contributed by atoms with Gasteiger partial charge in [-0.25, -0.2) is 4.79 Å². The number of benzene rings is 2. The number of fused-ring (bicyclic) bond motifs is 1. The molecular weight excluding hydrogens is 534 g/mol. The molecule has 0 bridgehead atoms. The van der Waals surface area contributed by atoms with Gasteiger partial charge in [0.05, 0.1) is 11.4 Å². The molecule has 3 aliphatic heterocycles. The summed E-state index contributed by atoms with van der Waals surface area (Å²) in [5, 5.41) is 16.0. The van der Waals surface area contributed by atoms with Crippen LogP contribution in [0, 0.1) is 17.8 Å². The van der Waals surface area contributed by atoms with Crippen molar-refractivity contribution in [2.24, 2.45) is 5.92 Å². The topological polar surface area (TPSA) is 114 Å². The molecule has 3 amide bonds. The van der Waals surface area contributed by atoms with Crippen molar-refractivity contribution in [1.29, 1.82) is 0 Å². The van der Waals surface area contributed by atoms with Gasteiger partial charge < -0.3 is 19.6 Å². The minimum atomic E-state index is -0.992. The van der Waals surface area contributed by atoms with E-state index in [0.717, 1.165) is 49.4 Å². The van der Waals surface area contributed by atoms with E-state index in [1.165, 1.54) is 5.56 Å². The van der Waals surface area contributed by atoms with Crippen LogP contribution < -0.4 is 20.4 Å². The smallest absolute Gasteiger partial charge is 0.412 e. The first-order valence-corrected chi connectivity index (χ1v) is 14.5. The molecule has 5 rings (SSSR count). The van der Waals surface area contributed by atoms with E-state index in [-0.39, 0.29) is 18.2 Å². The second kappa shape index (κ2) is 12.0. The molecule has 0 saturated carbocycles. The number of carbonyl (C=O) groups excluding carboxylic acids is 3. The maximum atomic E-state index is 12.5. The Balaban J connectivity index is 1.14. The summed E-state index contributed by atoms with van der Waals surface area (Å²) >= 11 is 0. The largest absolute Gasteiger partial charge is 0.444 e. The molecule has 2 aromatic rings. The van der Waals surface area contributed by atoms with Gasteiger partial charge >= 0.3 is 6.09 Å². The predicted octanol–water partition coefficient (Wildman–Crippen LogP) is 3.63. The molecule has 0 aliphatic carbocycles. The van der Waals surface area contributed by atoms with Gasteiger partial charge in [0.1, 0.15) is 11.6 Å². The number of ether oxygens (including phenoxy) is 1. The average molecular weight is 574 g/mol. The number of rotatable bonds is 4. The summed E-state index contributed by atoms with van der Waals surface area (Å²) in [5.41, 5.74) is 3.78. The molecule has 222 valence electrons. The standard InChI is InChI=1S/C32H39N5O5/c1-32(2,3)42-30(40)33-24-10-7-23(8-11-24)20-36-17-15-21(16-18-36)5-6-22-9-12-25-27(19-22)35(4)31(41)37(25)26-13-14-28(38)34-29(26)39/h7-12,19,21,26,31,41H,13-18,20H2,1-4H3,(H,33,40)(H,34,38,39). The number of amides is 3. The van der Waals surface area contributed by atoms with Crippen molar-refractivity contribution < 1.29 is 24.2 Å². The van der Waals surface area contributed by atoms with Gasteiger partial charge in [-0.3, -0.25) is 25.1 Å². The van der Waals surface area contributed by atoms with Crippen molar-refractivity contribution in [3.05, 3.63) is 53.6 Å². The molecule has 0 spiro atoms. The molecule has 42 heavy (non-hydrogen) atoms. The van der Waals surface area contributed by atoms with Crippen LogP contribution in [0.1, 0.15) is 57.6 Å². The van der Waals surface area contributed by atoms with Crippen molar-refractivity contribution in [3.8, 4) is 11.8 Å². The highest BCUT2D eigenvalue weighted by molar-refractivity contribution is 6.02. The number of nitrogens with zero attached hydrogens (tertiary/aromatic N) is 3. The molecule has 2 unspecified atom stereocenters. The number of piperidine rings is 2. The molecule has 3 heterocycles. The van der Waals surface area contributed by atoms with E-state index in [9.17, 15) is 19.5 Å². The quantitative estimate of drug-likeness (QED) is 0.375. The maximum absolute atomic E-state index is 12.5. The monoisotopic (exact) mass is 573 g/mol. The Morgan fingerprint density at radius 3 is 2.45 bits per heavy atom. The van der Waals surface area contributed by atoms with Crippen LogP contribution in [0.15, 0.2) is 42.5 Å². The summed E-state index contributed by atoms with van der Waals surface area (Å²) in [4.78, 5) is 41.9. The van der Waals surface area contributed by atoms with Crippen molar-refractivity contribution in [2.45, 2.75) is 71.0 Å². The Bertz CT molecular complexity index is 1400. The Morgan fingerprint density at radius 1 is 1.07 bits per heavy atom. The number of anilines is 3. The highest BCUT2D eigenvalue weighted by atomic mass is 16.6. The highest BCUT2D eigenvalue weighted by Gasteiger charge is 2.42. The highest BCUT2D eigenvalue weighted by Crippen LogP contribution is 2.41. The Morgan fingerprint density at radius 2 is 1.79 bits per heavy atom. The molecular formula is C32H39N5O5. The van der Waals surface area contributed by atoms with Crippen LogP contribution in [-0.2, 0) is 20.9 Å². The van der Waals surface area contributed by atoms with Gasteiger partial charge in [-0.2, -0.15) is 0 Å². The minimum absolute atomic E-state index is 0.251. The lowest BCUT2D eigenvalue weighted by Crippen LogP contribution is -2.56. The van der Waals surface area contributed by atoms with Crippen molar-refractivity contribution in [1.82, 2.24) is 10.2 Å². The fraction of sp³-hybridized carbons (Fsp3) is 0.469. The number of hydrogen-bond donors (Lipinski definition) is 3. The Hall–Kier alpha value is -4.07. The number of nitrogens with one attached hydrogen (secondary N) is 2. The molecule has 2 saturated heterocycles. The molecule has 0 radical (unpaired) electrons. The normalized spacial score (nSPS) is 21.4. The third kappa shape index (κ3) is 6.86. The van der Waals surface area contributed by atoms with Crippen molar-refractivity contribution in [2.75, 3.05) is 35.3 Å². The molecule has 3 N–H and O–H groups in total.